The molecule has 8 nitrogen and oxygen atoms in total. The van der Waals surface area contributed by atoms with Gasteiger partial charge in [-0.3, -0.25) is 4.79 Å². The van der Waals surface area contributed by atoms with Crippen LogP contribution in [-0.4, -0.2) is 31.4 Å². The molecule has 0 fully saturated rings. The molecule has 140 valence electrons. The number of nitrogens with one attached hydrogen (secondary N) is 2. The van der Waals surface area contributed by atoms with E-state index in [4.69, 9.17) is 9.52 Å². The first kappa shape index (κ1) is 19.7. The van der Waals surface area contributed by atoms with E-state index in [9.17, 15) is 18.0 Å². The van der Waals surface area contributed by atoms with E-state index in [2.05, 4.69) is 10.0 Å². The summed E-state index contributed by atoms with van der Waals surface area (Å²) >= 11 is 0. The van der Waals surface area contributed by atoms with E-state index in [0.29, 0.717) is 5.76 Å². The molecule has 0 unspecified atom stereocenters. The topological polar surface area (TPSA) is 126 Å². The normalized spacial score (nSPS) is 11.5. The number of amides is 1. The highest BCUT2D eigenvalue weighted by molar-refractivity contribution is 7.89. The second-order valence-corrected chi connectivity index (χ2v) is 7.69. The molecule has 0 saturated heterocycles. The first-order chi connectivity index (χ1) is 12.1. The molecule has 1 amide bonds. The summed E-state index contributed by atoms with van der Waals surface area (Å²) in [5, 5.41) is 11.6. The summed E-state index contributed by atoms with van der Waals surface area (Å²) < 4.78 is 32.1. The second-order valence-electron chi connectivity index (χ2n) is 5.97. The fourth-order valence-corrected chi connectivity index (χ4v) is 3.59. The Labute approximate surface area is 151 Å². The van der Waals surface area contributed by atoms with Gasteiger partial charge in [-0.2, -0.15) is 0 Å². The fraction of sp³-hybridized carbons (Fsp3) is 0.294. The van der Waals surface area contributed by atoms with Gasteiger partial charge in [0.05, 0.1) is 11.4 Å². The highest BCUT2D eigenvalue weighted by Crippen LogP contribution is 2.15. The fourth-order valence-electron chi connectivity index (χ4n) is 2.30. The minimum absolute atomic E-state index is 0.0131. The van der Waals surface area contributed by atoms with Gasteiger partial charge in [-0.1, -0.05) is 6.07 Å². The van der Waals surface area contributed by atoms with Gasteiger partial charge in [-0.05, 0) is 45.0 Å². The van der Waals surface area contributed by atoms with Crippen LogP contribution in [0.4, 0.5) is 0 Å². The minimum Gasteiger partial charge on any atom is -0.478 e. The zero-order chi connectivity index (χ0) is 19.5. The number of carboxylic acid groups (broad SMARTS) is 1. The highest BCUT2D eigenvalue weighted by atomic mass is 32.2. The van der Waals surface area contributed by atoms with Crippen LogP contribution in [0, 0.1) is 6.92 Å². The molecule has 9 heteroatoms. The largest absolute Gasteiger partial charge is 0.478 e. The molecule has 1 heterocycles. The van der Waals surface area contributed by atoms with Crippen LogP contribution in [0.5, 0.6) is 0 Å². The number of benzene rings is 1. The van der Waals surface area contributed by atoms with E-state index in [1.165, 1.54) is 37.3 Å². The van der Waals surface area contributed by atoms with Gasteiger partial charge in [0.2, 0.25) is 10.0 Å². The molecule has 3 N–H and O–H groups in total. The van der Waals surface area contributed by atoms with Crippen molar-refractivity contribution in [3.63, 3.8) is 0 Å². The molecule has 0 radical (unpaired) electrons. The quantitative estimate of drug-likeness (QED) is 0.674. The predicted octanol–water partition coefficient (Wildman–Crippen LogP) is 1.90. The highest BCUT2D eigenvalue weighted by Gasteiger charge is 2.18. The second kappa shape index (κ2) is 7.71. The first-order valence-electron chi connectivity index (χ1n) is 7.83. The molecular weight excluding hydrogens is 360 g/mol. The maximum atomic E-state index is 12.3. The van der Waals surface area contributed by atoms with Crippen molar-refractivity contribution in [1.29, 1.82) is 0 Å². The maximum absolute atomic E-state index is 12.3. The Balaban J connectivity index is 2.12. The van der Waals surface area contributed by atoms with E-state index in [-0.39, 0.29) is 34.4 Å². The van der Waals surface area contributed by atoms with E-state index in [1.54, 1.807) is 13.8 Å². The molecule has 1 aromatic heterocycles. The lowest BCUT2D eigenvalue weighted by atomic mass is 10.2. The van der Waals surface area contributed by atoms with Crippen molar-refractivity contribution in [3.8, 4) is 0 Å². The first-order valence-corrected chi connectivity index (χ1v) is 9.31. The van der Waals surface area contributed by atoms with Gasteiger partial charge < -0.3 is 14.8 Å². The molecule has 0 aliphatic carbocycles. The Kier molecular flexibility index (Phi) is 5.83. The number of furan rings is 1. The van der Waals surface area contributed by atoms with Gasteiger partial charge in [-0.15, -0.1) is 0 Å². The Bertz CT molecular complexity index is 930. The van der Waals surface area contributed by atoms with Crippen molar-refractivity contribution in [1.82, 2.24) is 10.0 Å². The van der Waals surface area contributed by atoms with E-state index in [1.807, 2.05) is 0 Å². The van der Waals surface area contributed by atoms with Crippen LogP contribution in [0.25, 0.3) is 0 Å². The average molecular weight is 380 g/mol. The number of carbonyl (C=O) groups is 2. The summed E-state index contributed by atoms with van der Waals surface area (Å²) in [5.74, 6) is -1.08. The lowest BCUT2D eigenvalue weighted by Gasteiger charge is -2.10. The molecule has 0 atom stereocenters. The number of aryl methyl sites for hydroxylation is 1. The molecule has 26 heavy (non-hydrogen) atoms. The number of aromatic carboxylic acids is 1. The third-order valence-electron chi connectivity index (χ3n) is 3.42. The number of carboxylic acids is 1. The SMILES string of the molecule is Cc1oc(CNC(=O)c2cccc(S(=O)(=O)NC(C)C)c2)cc1C(=O)O. The number of sulfonamides is 1. The van der Waals surface area contributed by atoms with Gasteiger partial charge in [-0.25, -0.2) is 17.9 Å². The molecule has 0 aliphatic heterocycles. The van der Waals surface area contributed by atoms with Crippen molar-refractivity contribution < 1.29 is 27.5 Å². The smallest absolute Gasteiger partial charge is 0.339 e. The third kappa shape index (κ3) is 4.70. The van der Waals surface area contributed by atoms with Crippen LogP contribution in [0.2, 0.25) is 0 Å². The van der Waals surface area contributed by atoms with Crippen LogP contribution in [0.15, 0.2) is 39.6 Å². The van der Waals surface area contributed by atoms with Crippen LogP contribution in [0.3, 0.4) is 0 Å². The zero-order valence-corrected chi connectivity index (χ0v) is 15.4. The molecule has 0 saturated carbocycles. The third-order valence-corrected chi connectivity index (χ3v) is 5.08. The number of carbonyl (C=O) groups excluding carboxylic acids is 1. The minimum atomic E-state index is -3.71. The Morgan fingerprint density at radius 3 is 2.50 bits per heavy atom. The molecule has 0 aliphatic rings. The van der Waals surface area contributed by atoms with E-state index >= 15 is 0 Å². The summed E-state index contributed by atoms with van der Waals surface area (Å²) in [7, 11) is -3.71. The molecule has 2 rings (SSSR count). The van der Waals surface area contributed by atoms with Crippen molar-refractivity contribution in [3.05, 3.63) is 53.0 Å². The van der Waals surface area contributed by atoms with Crippen molar-refractivity contribution in [2.45, 2.75) is 38.3 Å². The summed E-state index contributed by atoms with van der Waals surface area (Å²) in [6.45, 7) is 4.90. The molecule has 1 aromatic carbocycles. The lowest BCUT2D eigenvalue weighted by Crippen LogP contribution is -2.30. The number of hydrogen-bond acceptors (Lipinski definition) is 5. The van der Waals surface area contributed by atoms with E-state index < -0.39 is 21.9 Å². The van der Waals surface area contributed by atoms with E-state index in [0.717, 1.165) is 0 Å². The van der Waals surface area contributed by atoms with Gasteiger partial charge in [0.1, 0.15) is 17.1 Å². The molecule has 0 bridgehead atoms. The van der Waals surface area contributed by atoms with Crippen LogP contribution in [0.1, 0.15) is 46.1 Å². The van der Waals surface area contributed by atoms with Gasteiger partial charge >= 0.3 is 5.97 Å². The van der Waals surface area contributed by atoms with Crippen molar-refractivity contribution in [2.24, 2.45) is 0 Å². The Morgan fingerprint density at radius 2 is 1.92 bits per heavy atom. The number of rotatable bonds is 7. The summed E-state index contributed by atoms with van der Waals surface area (Å²) in [4.78, 5) is 23.2. The monoisotopic (exact) mass is 380 g/mol. The summed E-state index contributed by atoms with van der Waals surface area (Å²) in [6.07, 6.45) is 0. The van der Waals surface area contributed by atoms with Gasteiger partial charge in [0.25, 0.3) is 5.91 Å². The average Bonchev–Trinajstić information content (AvgIpc) is 2.92. The van der Waals surface area contributed by atoms with Crippen molar-refractivity contribution >= 4 is 21.9 Å². The summed E-state index contributed by atoms with van der Waals surface area (Å²) in [6, 6.07) is 6.70. The predicted molar refractivity (Wildman–Crippen MR) is 93.5 cm³/mol. The lowest BCUT2D eigenvalue weighted by molar-refractivity contribution is 0.0694. The standard InChI is InChI=1S/C17H20N2O6S/c1-10(2)19-26(23,24)14-6-4-5-12(7-14)16(20)18-9-13-8-15(17(21)22)11(3)25-13/h4-8,10,19H,9H2,1-3H3,(H,18,20)(H,21,22). The van der Waals surface area contributed by atoms with Crippen molar-refractivity contribution in [2.75, 3.05) is 0 Å². The Morgan fingerprint density at radius 1 is 1.23 bits per heavy atom. The van der Waals surface area contributed by atoms with Gasteiger partial charge in [0.15, 0.2) is 0 Å². The van der Waals surface area contributed by atoms with Crippen LogP contribution >= 0.6 is 0 Å². The molecule has 0 spiro atoms. The van der Waals surface area contributed by atoms with Crippen LogP contribution in [-0.2, 0) is 16.6 Å². The Hall–Kier alpha value is -2.65. The van der Waals surface area contributed by atoms with Gasteiger partial charge in [0, 0.05) is 11.6 Å². The number of hydrogen-bond donors (Lipinski definition) is 3. The molecule has 2 aromatic rings. The van der Waals surface area contributed by atoms with Crippen LogP contribution < -0.4 is 10.0 Å². The zero-order valence-electron chi connectivity index (χ0n) is 14.6. The maximum Gasteiger partial charge on any atom is 0.339 e. The summed E-state index contributed by atoms with van der Waals surface area (Å²) in [5.41, 5.74) is 0.195. The molecular formula is C17H20N2O6S.